The summed E-state index contributed by atoms with van der Waals surface area (Å²) < 4.78 is 50.4. The van der Waals surface area contributed by atoms with Crippen LogP contribution < -0.4 is 10.6 Å². The van der Waals surface area contributed by atoms with E-state index in [2.05, 4.69) is 30.8 Å². The van der Waals surface area contributed by atoms with Crippen molar-refractivity contribution in [2.24, 2.45) is 0 Å². The summed E-state index contributed by atoms with van der Waals surface area (Å²) in [6, 6.07) is 4.64. The number of carbonyl (C=O) groups is 2. The lowest BCUT2D eigenvalue weighted by Crippen LogP contribution is -2.52. The fourth-order valence-corrected chi connectivity index (χ4v) is 7.30. The summed E-state index contributed by atoms with van der Waals surface area (Å²) in [7, 11) is 0. The van der Waals surface area contributed by atoms with E-state index in [9.17, 15) is 22.8 Å². The lowest BCUT2D eigenvalue weighted by Gasteiger charge is -2.43. The van der Waals surface area contributed by atoms with Crippen molar-refractivity contribution in [3.05, 3.63) is 70.6 Å². The summed E-state index contributed by atoms with van der Waals surface area (Å²) in [6.45, 7) is 2.77. The van der Waals surface area contributed by atoms with E-state index in [4.69, 9.17) is 4.74 Å². The number of fused-ring (bicyclic) bond motifs is 6. The number of halogens is 3. The molecule has 3 aromatic heterocycles. The number of benzene rings is 1. The van der Waals surface area contributed by atoms with Crippen LogP contribution in [0.25, 0.3) is 10.9 Å². The summed E-state index contributed by atoms with van der Waals surface area (Å²) >= 11 is 0. The SMILES string of the molecule is Cc1cc2c(c3cn[nH]c13)Cn1c(C3(C(F)(F)F)CC3)cnc1C(NC(=O)N1CCC3(CC1)OC(=O)Nc1ncccc13)C2. The Kier molecular flexibility index (Phi) is 5.63. The Morgan fingerprint density at radius 2 is 1.95 bits per heavy atom. The highest BCUT2D eigenvalue weighted by Crippen LogP contribution is 2.59. The number of likely N-dealkylation sites (tertiary alicyclic amines) is 1. The Labute approximate surface area is 249 Å². The minimum absolute atomic E-state index is 0.00874. The Hall–Kier alpha value is -4.62. The van der Waals surface area contributed by atoms with Gasteiger partial charge < -0.3 is 19.5 Å². The summed E-state index contributed by atoms with van der Waals surface area (Å²) in [4.78, 5) is 36.5. The van der Waals surface area contributed by atoms with Crippen LogP contribution in [0.5, 0.6) is 0 Å². The Morgan fingerprint density at radius 3 is 2.70 bits per heavy atom. The van der Waals surface area contributed by atoms with Gasteiger partial charge in [-0.1, -0.05) is 6.07 Å². The number of hydrogen-bond donors (Lipinski definition) is 3. The normalized spacial score (nSPS) is 21.5. The van der Waals surface area contributed by atoms with Gasteiger partial charge in [0, 0.05) is 55.7 Å². The van der Waals surface area contributed by atoms with Gasteiger partial charge in [0.25, 0.3) is 0 Å². The second-order valence-corrected chi connectivity index (χ2v) is 12.3. The van der Waals surface area contributed by atoms with E-state index in [0.29, 0.717) is 44.0 Å². The molecule has 8 rings (SSSR count). The molecular formula is C30H29F3N8O3. The number of carbonyl (C=O) groups excluding carboxylic acids is 2. The Bertz CT molecular complexity index is 1830. The average molecular weight is 607 g/mol. The molecule has 44 heavy (non-hydrogen) atoms. The van der Waals surface area contributed by atoms with Crippen molar-refractivity contribution in [2.75, 3.05) is 18.4 Å². The van der Waals surface area contributed by atoms with E-state index in [1.54, 1.807) is 27.9 Å². The first-order chi connectivity index (χ1) is 21.1. The van der Waals surface area contributed by atoms with Crippen LogP contribution in [-0.2, 0) is 28.7 Å². The molecule has 11 nitrogen and oxygen atoms in total. The predicted octanol–water partition coefficient (Wildman–Crippen LogP) is 4.97. The molecular weight excluding hydrogens is 577 g/mol. The van der Waals surface area contributed by atoms with Gasteiger partial charge in [0.15, 0.2) is 0 Å². The van der Waals surface area contributed by atoms with Gasteiger partial charge in [-0.25, -0.2) is 19.6 Å². The molecule has 3 N–H and O–H groups in total. The molecule has 6 heterocycles. The van der Waals surface area contributed by atoms with E-state index in [1.165, 1.54) is 6.20 Å². The van der Waals surface area contributed by atoms with Gasteiger partial charge in [-0.15, -0.1) is 0 Å². The fourth-order valence-electron chi connectivity index (χ4n) is 7.30. The molecule has 1 spiro atoms. The maximum absolute atomic E-state index is 14.3. The number of aryl methyl sites for hydroxylation is 1. The van der Waals surface area contributed by atoms with Crippen molar-refractivity contribution in [3.8, 4) is 0 Å². The average Bonchev–Trinajstić information content (AvgIpc) is 3.52. The van der Waals surface area contributed by atoms with Gasteiger partial charge in [0.05, 0.1) is 30.0 Å². The number of ether oxygens (including phenoxy) is 1. The van der Waals surface area contributed by atoms with Crippen molar-refractivity contribution in [3.63, 3.8) is 0 Å². The number of H-pyrrole nitrogens is 1. The maximum atomic E-state index is 14.3. The molecule has 0 bridgehead atoms. The van der Waals surface area contributed by atoms with E-state index in [1.807, 2.05) is 19.1 Å². The quantitative estimate of drug-likeness (QED) is 0.296. The van der Waals surface area contributed by atoms with Gasteiger partial charge in [0.1, 0.15) is 22.7 Å². The number of pyridine rings is 1. The topological polar surface area (TPSA) is 130 Å². The summed E-state index contributed by atoms with van der Waals surface area (Å²) in [5, 5.41) is 13.8. The standard InChI is InChI=1S/C30H29F3N8O3/c1-16-11-17-12-21(37-26(42)40-9-6-29(7-10-40)20-3-2-8-34-24(20)38-27(43)44-29)25-35-14-22(28(4-5-28)30(31,32)33)41(25)15-19(17)18-13-36-39-23(16)18/h2-3,8,11,13-14,21H,4-7,9-10,12,15H2,1H3,(H,36,39)(H,37,42)(H,34,38,43). The first kappa shape index (κ1) is 27.0. The lowest BCUT2D eigenvalue weighted by atomic mass is 9.83. The molecule has 4 aliphatic rings. The van der Waals surface area contributed by atoms with E-state index >= 15 is 0 Å². The van der Waals surface area contributed by atoms with E-state index in [0.717, 1.165) is 33.2 Å². The molecule has 0 radical (unpaired) electrons. The molecule has 1 aliphatic carbocycles. The third-order valence-electron chi connectivity index (χ3n) is 9.82. The van der Waals surface area contributed by atoms with E-state index < -0.39 is 29.3 Å². The number of anilines is 1. The first-order valence-electron chi connectivity index (χ1n) is 14.7. The lowest BCUT2D eigenvalue weighted by molar-refractivity contribution is -0.162. The highest BCUT2D eigenvalue weighted by Gasteiger charge is 2.66. The van der Waals surface area contributed by atoms with Crippen LogP contribution in [0.1, 0.15) is 65.5 Å². The van der Waals surface area contributed by atoms with Crippen molar-refractivity contribution in [2.45, 2.75) is 68.8 Å². The minimum atomic E-state index is -4.41. The predicted molar refractivity (Wildman–Crippen MR) is 151 cm³/mol. The molecule has 1 aromatic carbocycles. The molecule has 1 atom stereocenters. The number of rotatable bonds is 2. The van der Waals surface area contributed by atoms with Gasteiger partial charge in [-0.3, -0.25) is 10.4 Å². The zero-order chi connectivity index (χ0) is 30.4. The second kappa shape index (κ2) is 9.19. The molecule has 1 saturated carbocycles. The monoisotopic (exact) mass is 606 g/mol. The number of urea groups is 1. The maximum Gasteiger partial charge on any atom is 0.413 e. The number of aromatic nitrogens is 5. The van der Waals surface area contributed by atoms with E-state index in [-0.39, 0.29) is 31.1 Å². The minimum Gasteiger partial charge on any atom is -0.437 e. The number of nitrogens with one attached hydrogen (secondary N) is 3. The molecule has 1 saturated heterocycles. The van der Waals surface area contributed by atoms with Crippen LogP contribution in [0.4, 0.5) is 28.6 Å². The van der Waals surface area contributed by atoms with Crippen molar-refractivity contribution >= 4 is 28.8 Å². The van der Waals surface area contributed by atoms with Gasteiger partial charge in [0.2, 0.25) is 0 Å². The molecule has 3 aliphatic heterocycles. The number of amides is 3. The highest BCUT2D eigenvalue weighted by atomic mass is 19.4. The third-order valence-corrected chi connectivity index (χ3v) is 9.82. The third kappa shape index (κ3) is 3.92. The smallest absolute Gasteiger partial charge is 0.413 e. The molecule has 14 heteroatoms. The van der Waals surface area contributed by atoms with Gasteiger partial charge in [-0.05, 0) is 48.6 Å². The van der Waals surface area contributed by atoms with Crippen LogP contribution in [0.15, 0.2) is 36.8 Å². The Balaban J connectivity index is 1.11. The molecule has 3 amide bonds. The van der Waals surface area contributed by atoms with Crippen LogP contribution in [0.2, 0.25) is 0 Å². The van der Waals surface area contributed by atoms with Crippen LogP contribution in [-0.4, -0.2) is 61.0 Å². The van der Waals surface area contributed by atoms with Gasteiger partial charge in [-0.2, -0.15) is 18.3 Å². The molecule has 2 fully saturated rings. The summed E-state index contributed by atoms with van der Waals surface area (Å²) in [6.07, 6.45) is 0.784. The fraction of sp³-hybridized carbons (Fsp3) is 0.433. The highest BCUT2D eigenvalue weighted by molar-refractivity contribution is 5.88. The number of alkyl halides is 3. The van der Waals surface area contributed by atoms with Crippen LogP contribution >= 0.6 is 0 Å². The second-order valence-electron chi connectivity index (χ2n) is 12.3. The molecule has 228 valence electrons. The molecule has 1 unspecified atom stereocenters. The number of aromatic amines is 1. The number of nitrogens with zero attached hydrogens (tertiary/aromatic N) is 5. The summed E-state index contributed by atoms with van der Waals surface area (Å²) in [5.74, 6) is 0.853. The van der Waals surface area contributed by atoms with Gasteiger partial charge >= 0.3 is 18.3 Å². The van der Waals surface area contributed by atoms with Crippen molar-refractivity contribution in [1.82, 2.24) is 34.9 Å². The Morgan fingerprint density at radius 1 is 1.16 bits per heavy atom. The number of imidazole rings is 1. The van der Waals surface area contributed by atoms with Crippen molar-refractivity contribution < 1.29 is 27.5 Å². The number of piperidine rings is 1. The number of hydrogen-bond acceptors (Lipinski definition) is 6. The summed E-state index contributed by atoms with van der Waals surface area (Å²) in [5.41, 5.74) is 1.67. The zero-order valence-electron chi connectivity index (χ0n) is 23.8. The van der Waals surface area contributed by atoms with Crippen LogP contribution in [0, 0.1) is 6.92 Å². The largest absolute Gasteiger partial charge is 0.437 e. The van der Waals surface area contributed by atoms with Crippen LogP contribution in [0.3, 0.4) is 0 Å². The first-order valence-corrected chi connectivity index (χ1v) is 14.7. The van der Waals surface area contributed by atoms with Crippen molar-refractivity contribution in [1.29, 1.82) is 0 Å². The molecule has 4 aromatic rings. The zero-order valence-corrected chi connectivity index (χ0v) is 23.8.